The zero-order valence-electron chi connectivity index (χ0n) is 12.5. The van der Waals surface area contributed by atoms with Gasteiger partial charge in [0.05, 0.1) is 12.8 Å². The van der Waals surface area contributed by atoms with Gasteiger partial charge in [-0.15, -0.1) is 0 Å². The number of hydrogen-bond donors (Lipinski definition) is 3. The molecule has 1 aliphatic rings. The van der Waals surface area contributed by atoms with Crippen LogP contribution in [0, 0.1) is 11.8 Å². The summed E-state index contributed by atoms with van der Waals surface area (Å²) in [6, 6.07) is 7.08. The maximum atomic E-state index is 12.0. The van der Waals surface area contributed by atoms with Crippen molar-refractivity contribution in [2.24, 2.45) is 11.8 Å². The highest BCUT2D eigenvalue weighted by atomic mass is 16.5. The first-order chi connectivity index (χ1) is 10.2. The number of hydrogen-bond acceptors (Lipinski definition) is 3. The van der Waals surface area contributed by atoms with Gasteiger partial charge in [-0.25, -0.2) is 4.79 Å². The minimum Gasteiger partial charge on any atom is -0.495 e. The third kappa shape index (κ3) is 4.36. The average molecular weight is 292 g/mol. The van der Waals surface area contributed by atoms with Gasteiger partial charge in [0.25, 0.3) is 0 Å². The van der Waals surface area contributed by atoms with E-state index in [-0.39, 0.29) is 12.6 Å². The molecule has 2 unspecified atom stereocenters. The highest BCUT2D eigenvalue weighted by Crippen LogP contribution is 2.29. The van der Waals surface area contributed by atoms with Crippen LogP contribution in [0.4, 0.5) is 10.5 Å². The fourth-order valence-corrected chi connectivity index (χ4v) is 2.93. The van der Waals surface area contributed by atoms with Crippen molar-refractivity contribution in [3.05, 3.63) is 24.3 Å². The second kappa shape index (κ2) is 7.88. The van der Waals surface area contributed by atoms with E-state index in [1.807, 2.05) is 12.1 Å². The third-order valence-electron chi connectivity index (χ3n) is 4.18. The number of benzene rings is 1. The molecule has 0 aromatic heterocycles. The molecule has 1 aromatic carbocycles. The predicted molar refractivity (Wildman–Crippen MR) is 82.5 cm³/mol. The van der Waals surface area contributed by atoms with Crippen molar-refractivity contribution < 1.29 is 14.6 Å². The zero-order chi connectivity index (χ0) is 15.1. The summed E-state index contributed by atoms with van der Waals surface area (Å²) in [4.78, 5) is 12.0. The van der Waals surface area contributed by atoms with Gasteiger partial charge in [-0.05, 0) is 36.8 Å². The van der Waals surface area contributed by atoms with Crippen LogP contribution in [0.15, 0.2) is 24.3 Å². The molecule has 116 valence electrons. The average Bonchev–Trinajstić information content (AvgIpc) is 2.53. The lowest BCUT2D eigenvalue weighted by Crippen LogP contribution is -2.37. The Morgan fingerprint density at radius 2 is 2.00 bits per heavy atom. The molecule has 21 heavy (non-hydrogen) atoms. The summed E-state index contributed by atoms with van der Waals surface area (Å²) in [5.41, 5.74) is 0.653. The van der Waals surface area contributed by atoms with Gasteiger partial charge in [-0.1, -0.05) is 25.0 Å². The molecule has 0 saturated heterocycles. The molecule has 2 amide bonds. The Balaban J connectivity index is 1.84. The Hall–Kier alpha value is -1.75. The molecule has 0 radical (unpaired) electrons. The molecule has 1 fully saturated rings. The van der Waals surface area contributed by atoms with Crippen LogP contribution in [0.25, 0.3) is 0 Å². The second-order valence-corrected chi connectivity index (χ2v) is 5.52. The molecule has 0 heterocycles. The van der Waals surface area contributed by atoms with Crippen molar-refractivity contribution in [3.8, 4) is 5.75 Å². The minimum absolute atomic E-state index is 0.209. The van der Waals surface area contributed by atoms with E-state index in [0.717, 1.165) is 12.8 Å². The molecular formula is C16H24N2O3. The maximum Gasteiger partial charge on any atom is 0.319 e. The zero-order valence-corrected chi connectivity index (χ0v) is 12.5. The van der Waals surface area contributed by atoms with E-state index in [0.29, 0.717) is 29.8 Å². The van der Waals surface area contributed by atoms with E-state index >= 15 is 0 Å². The lowest BCUT2D eigenvalue weighted by molar-refractivity contribution is 0.134. The Labute approximate surface area is 125 Å². The van der Waals surface area contributed by atoms with Crippen molar-refractivity contribution in [2.75, 3.05) is 25.6 Å². The molecule has 0 spiro atoms. The number of nitrogens with one attached hydrogen (secondary N) is 2. The topological polar surface area (TPSA) is 70.6 Å². The molecule has 3 N–H and O–H groups in total. The number of para-hydroxylation sites is 2. The van der Waals surface area contributed by atoms with Gasteiger partial charge in [0.15, 0.2) is 0 Å². The number of rotatable bonds is 5. The molecule has 2 rings (SSSR count). The summed E-state index contributed by atoms with van der Waals surface area (Å²) >= 11 is 0. The van der Waals surface area contributed by atoms with Crippen molar-refractivity contribution in [2.45, 2.75) is 25.7 Å². The Morgan fingerprint density at radius 3 is 2.71 bits per heavy atom. The molecule has 2 atom stereocenters. The monoisotopic (exact) mass is 292 g/mol. The van der Waals surface area contributed by atoms with Crippen LogP contribution in [-0.2, 0) is 0 Å². The van der Waals surface area contributed by atoms with Gasteiger partial charge in [0, 0.05) is 13.2 Å². The number of aliphatic hydroxyl groups is 1. The Kier molecular flexibility index (Phi) is 5.87. The molecule has 1 saturated carbocycles. The van der Waals surface area contributed by atoms with E-state index in [9.17, 15) is 9.90 Å². The number of aliphatic hydroxyl groups excluding tert-OH is 1. The Morgan fingerprint density at radius 1 is 1.29 bits per heavy atom. The lowest BCUT2D eigenvalue weighted by atomic mass is 9.80. The second-order valence-electron chi connectivity index (χ2n) is 5.52. The van der Waals surface area contributed by atoms with Crippen LogP contribution < -0.4 is 15.4 Å². The number of urea groups is 1. The van der Waals surface area contributed by atoms with E-state index in [4.69, 9.17) is 4.74 Å². The first kappa shape index (κ1) is 15.6. The van der Waals surface area contributed by atoms with Crippen LogP contribution in [0.5, 0.6) is 5.75 Å². The quantitative estimate of drug-likeness (QED) is 0.781. The largest absolute Gasteiger partial charge is 0.495 e. The van der Waals surface area contributed by atoms with Gasteiger partial charge < -0.3 is 20.5 Å². The number of amides is 2. The van der Waals surface area contributed by atoms with Gasteiger partial charge in [0.1, 0.15) is 5.75 Å². The SMILES string of the molecule is COc1ccccc1NC(=O)NCC1CCCCC1CO. The Bertz CT molecular complexity index is 465. The number of anilines is 1. The van der Waals surface area contributed by atoms with Crippen LogP contribution in [0.3, 0.4) is 0 Å². The van der Waals surface area contributed by atoms with Crippen LogP contribution >= 0.6 is 0 Å². The lowest BCUT2D eigenvalue weighted by Gasteiger charge is -2.30. The number of ether oxygens (including phenoxy) is 1. The van der Waals surface area contributed by atoms with E-state index < -0.39 is 0 Å². The van der Waals surface area contributed by atoms with Crippen molar-refractivity contribution in [3.63, 3.8) is 0 Å². The molecule has 1 aliphatic carbocycles. The summed E-state index contributed by atoms with van der Waals surface area (Å²) in [5.74, 6) is 1.32. The number of carbonyl (C=O) groups is 1. The normalized spacial score (nSPS) is 21.6. The highest BCUT2D eigenvalue weighted by molar-refractivity contribution is 5.90. The molecule has 0 bridgehead atoms. The molecular weight excluding hydrogens is 268 g/mol. The third-order valence-corrected chi connectivity index (χ3v) is 4.18. The van der Waals surface area contributed by atoms with Gasteiger partial charge in [0.2, 0.25) is 0 Å². The van der Waals surface area contributed by atoms with Crippen molar-refractivity contribution >= 4 is 11.7 Å². The first-order valence-corrected chi connectivity index (χ1v) is 7.53. The maximum absolute atomic E-state index is 12.0. The molecule has 1 aromatic rings. The summed E-state index contributed by atoms with van der Waals surface area (Å²) < 4.78 is 5.20. The fourth-order valence-electron chi connectivity index (χ4n) is 2.93. The van der Waals surface area contributed by atoms with Gasteiger partial charge >= 0.3 is 6.03 Å². The van der Waals surface area contributed by atoms with Crippen molar-refractivity contribution in [1.82, 2.24) is 5.32 Å². The van der Waals surface area contributed by atoms with Gasteiger partial charge in [-0.2, -0.15) is 0 Å². The van der Waals surface area contributed by atoms with E-state index in [1.165, 1.54) is 12.8 Å². The van der Waals surface area contributed by atoms with Crippen molar-refractivity contribution in [1.29, 1.82) is 0 Å². The van der Waals surface area contributed by atoms with Crippen LogP contribution in [0.2, 0.25) is 0 Å². The van der Waals surface area contributed by atoms with E-state index in [1.54, 1.807) is 19.2 Å². The number of carbonyl (C=O) groups excluding carboxylic acids is 1. The van der Waals surface area contributed by atoms with Crippen LogP contribution in [-0.4, -0.2) is 31.4 Å². The first-order valence-electron chi connectivity index (χ1n) is 7.53. The fraction of sp³-hybridized carbons (Fsp3) is 0.562. The molecule has 5 heteroatoms. The van der Waals surface area contributed by atoms with Gasteiger partial charge in [-0.3, -0.25) is 0 Å². The standard InChI is InChI=1S/C16H24N2O3/c1-21-15-9-5-4-8-14(15)18-16(20)17-10-12-6-2-3-7-13(12)11-19/h4-5,8-9,12-13,19H,2-3,6-7,10-11H2,1H3,(H2,17,18,20). The summed E-state index contributed by atoms with van der Waals surface area (Å²) in [6.07, 6.45) is 4.48. The summed E-state index contributed by atoms with van der Waals surface area (Å²) in [6.45, 7) is 0.812. The molecule has 5 nitrogen and oxygen atoms in total. The summed E-state index contributed by atoms with van der Waals surface area (Å²) in [7, 11) is 1.58. The smallest absolute Gasteiger partial charge is 0.319 e. The van der Waals surface area contributed by atoms with Crippen LogP contribution in [0.1, 0.15) is 25.7 Å². The number of methoxy groups -OCH3 is 1. The summed E-state index contributed by atoms with van der Waals surface area (Å²) in [5, 5.41) is 15.1. The minimum atomic E-state index is -0.234. The van der Waals surface area contributed by atoms with E-state index in [2.05, 4.69) is 10.6 Å². The predicted octanol–water partition coefficient (Wildman–Crippen LogP) is 2.62. The molecule has 0 aliphatic heterocycles. The highest BCUT2D eigenvalue weighted by Gasteiger charge is 2.24.